The molecule has 1 atom stereocenters. The Kier molecular flexibility index (Phi) is 5.35. The van der Waals surface area contributed by atoms with Gasteiger partial charge in [0.2, 0.25) is 0 Å². The van der Waals surface area contributed by atoms with Crippen LogP contribution in [-0.2, 0) is 14.3 Å². The average molecular weight is 309 g/mol. The molecule has 22 heavy (non-hydrogen) atoms. The molecule has 0 saturated carbocycles. The highest BCUT2D eigenvalue weighted by molar-refractivity contribution is 5.97. The van der Waals surface area contributed by atoms with Gasteiger partial charge in [-0.25, -0.2) is 4.79 Å². The summed E-state index contributed by atoms with van der Waals surface area (Å²) in [5, 5.41) is 11.7. The van der Waals surface area contributed by atoms with Crippen LogP contribution in [0.3, 0.4) is 0 Å². The Labute approximate surface area is 128 Å². The Morgan fingerprint density at radius 3 is 2.73 bits per heavy atom. The van der Waals surface area contributed by atoms with Gasteiger partial charge in [-0.15, -0.1) is 0 Å². The first-order valence-electron chi connectivity index (χ1n) is 7.01. The minimum atomic E-state index is -1.08. The van der Waals surface area contributed by atoms with Crippen molar-refractivity contribution in [2.24, 2.45) is 0 Å². The number of hydrogen-bond acceptors (Lipinski definition) is 5. The van der Waals surface area contributed by atoms with Gasteiger partial charge in [0.05, 0.1) is 37.2 Å². The number of aromatic carboxylic acids is 1. The maximum absolute atomic E-state index is 12.2. The number of rotatable bonds is 5. The maximum atomic E-state index is 12.2. The van der Waals surface area contributed by atoms with Crippen molar-refractivity contribution in [3.63, 3.8) is 0 Å². The molecule has 2 N–H and O–H groups in total. The monoisotopic (exact) mass is 309 g/mol. The maximum Gasteiger partial charge on any atom is 0.335 e. The standard InChI is InChI=1S/C15H19NO6/c1-9(2)22-12-4-3-10(15(18)19)7-11(12)16-14(17)13-8-20-5-6-21-13/h3-4,7,9,13H,5-6,8H2,1-2H3,(H,16,17)(H,18,19). The van der Waals surface area contributed by atoms with E-state index in [0.29, 0.717) is 24.7 Å². The number of carbonyl (C=O) groups is 2. The molecule has 2 rings (SSSR count). The van der Waals surface area contributed by atoms with E-state index in [2.05, 4.69) is 5.32 Å². The van der Waals surface area contributed by atoms with Crippen LogP contribution in [-0.4, -0.2) is 49.0 Å². The molecular weight excluding hydrogens is 290 g/mol. The molecule has 0 radical (unpaired) electrons. The summed E-state index contributed by atoms with van der Waals surface area (Å²) >= 11 is 0. The summed E-state index contributed by atoms with van der Waals surface area (Å²) in [6.45, 7) is 4.66. The van der Waals surface area contributed by atoms with Crippen LogP contribution in [0.1, 0.15) is 24.2 Å². The number of anilines is 1. The van der Waals surface area contributed by atoms with Crippen molar-refractivity contribution < 1.29 is 28.9 Å². The predicted molar refractivity (Wildman–Crippen MR) is 78.4 cm³/mol. The van der Waals surface area contributed by atoms with Gasteiger partial charge in [-0.1, -0.05) is 0 Å². The van der Waals surface area contributed by atoms with Crippen LogP contribution in [0, 0.1) is 0 Å². The number of hydrogen-bond donors (Lipinski definition) is 2. The zero-order valence-electron chi connectivity index (χ0n) is 12.5. The molecule has 1 aromatic rings. The largest absolute Gasteiger partial charge is 0.489 e. The van der Waals surface area contributed by atoms with Crippen LogP contribution in [0.15, 0.2) is 18.2 Å². The molecule has 1 aliphatic heterocycles. The highest BCUT2D eigenvalue weighted by atomic mass is 16.6. The molecule has 1 fully saturated rings. The number of nitrogens with one attached hydrogen (secondary N) is 1. The Bertz CT molecular complexity index is 551. The van der Waals surface area contributed by atoms with E-state index in [4.69, 9.17) is 19.3 Å². The van der Waals surface area contributed by atoms with Gasteiger partial charge in [0.25, 0.3) is 5.91 Å². The molecule has 1 aromatic carbocycles. The van der Waals surface area contributed by atoms with E-state index in [1.807, 2.05) is 13.8 Å². The summed E-state index contributed by atoms with van der Waals surface area (Å²) in [6, 6.07) is 4.31. The van der Waals surface area contributed by atoms with Gasteiger partial charge in [-0.3, -0.25) is 4.79 Å². The first-order valence-corrected chi connectivity index (χ1v) is 7.01. The van der Waals surface area contributed by atoms with Crippen LogP contribution >= 0.6 is 0 Å². The van der Waals surface area contributed by atoms with Crippen molar-refractivity contribution in [2.75, 3.05) is 25.1 Å². The van der Waals surface area contributed by atoms with Gasteiger partial charge >= 0.3 is 5.97 Å². The quantitative estimate of drug-likeness (QED) is 0.856. The summed E-state index contributed by atoms with van der Waals surface area (Å²) in [5.74, 6) is -1.07. The van der Waals surface area contributed by atoms with Gasteiger partial charge in [-0.05, 0) is 32.0 Å². The van der Waals surface area contributed by atoms with E-state index >= 15 is 0 Å². The zero-order chi connectivity index (χ0) is 16.1. The molecule has 7 nitrogen and oxygen atoms in total. The van der Waals surface area contributed by atoms with Gasteiger partial charge < -0.3 is 24.6 Å². The fraction of sp³-hybridized carbons (Fsp3) is 0.467. The minimum absolute atomic E-state index is 0.0622. The third kappa shape index (κ3) is 4.19. The topological polar surface area (TPSA) is 94.1 Å². The third-order valence-electron chi connectivity index (χ3n) is 2.96. The second-order valence-electron chi connectivity index (χ2n) is 5.11. The first kappa shape index (κ1) is 16.3. The van der Waals surface area contributed by atoms with Crippen molar-refractivity contribution in [3.05, 3.63) is 23.8 Å². The summed E-state index contributed by atoms with van der Waals surface area (Å²) in [6.07, 6.45) is -0.824. The second kappa shape index (κ2) is 7.24. The highest BCUT2D eigenvalue weighted by Crippen LogP contribution is 2.27. The van der Waals surface area contributed by atoms with E-state index in [9.17, 15) is 9.59 Å². The van der Waals surface area contributed by atoms with Crippen molar-refractivity contribution in [1.82, 2.24) is 0 Å². The number of amides is 1. The van der Waals surface area contributed by atoms with E-state index in [0.717, 1.165) is 0 Å². The smallest absolute Gasteiger partial charge is 0.335 e. The van der Waals surface area contributed by atoms with E-state index < -0.39 is 18.0 Å². The second-order valence-corrected chi connectivity index (χ2v) is 5.11. The van der Waals surface area contributed by atoms with E-state index in [1.54, 1.807) is 0 Å². The Morgan fingerprint density at radius 2 is 2.14 bits per heavy atom. The number of carbonyl (C=O) groups excluding carboxylic acids is 1. The van der Waals surface area contributed by atoms with Crippen LogP contribution in [0.5, 0.6) is 5.75 Å². The summed E-state index contributed by atoms with van der Waals surface area (Å²) in [7, 11) is 0. The lowest BCUT2D eigenvalue weighted by atomic mass is 10.1. The Hall–Kier alpha value is -2.12. The molecule has 0 spiro atoms. The van der Waals surface area contributed by atoms with Gasteiger partial charge in [0.15, 0.2) is 6.10 Å². The van der Waals surface area contributed by atoms with Crippen molar-refractivity contribution in [1.29, 1.82) is 0 Å². The highest BCUT2D eigenvalue weighted by Gasteiger charge is 2.24. The lowest BCUT2D eigenvalue weighted by molar-refractivity contribution is -0.142. The minimum Gasteiger partial charge on any atom is -0.489 e. The number of ether oxygens (including phenoxy) is 3. The zero-order valence-corrected chi connectivity index (χ0v) is 12.5. The predicted octanol–water partition coefficient (Wildman–Crippen LogP) is 1.53. The van der Waals surface area contributed by atoms with Crippen LogP contribution in [0.4, 0.5) is 5.69 Å². The number of benzene rings is 1. The molecule has 1 unspecified atom stereocenters. The summed E-state index contributed by atoms with van der Waals surface area (Å²) in [4.78, 5) is 23.2. The van der Waals surface area contributed by atoms with Crippen molar-refractivity contribution >= 4 is 17.6 Å². The van der Waals surface area contributed by atoms with Crippen LogP contribution < -0.4 is 10.1 Å². The summed E-state index contributed by atoms with van der Waals surface area (Å²) < 4.78 is 16.1. The molecule has 0 bridgehead atoms. The molecule has 0 aliphatic carbocycles. The molecule has 0 aromatic heterocycles. The van der Waals surface area contributed by atoms with E-state index in [1.165, 1.54) is 18.2 Å². The first-order chi connectivity index (χ1) is 10.5. The van der Waals surface area contributed by atoms with Crippen molar-refractivity contribution in [2.45, 2.75) is 26.1 Å². The number of carboxylic acids is 1. The average Bonchev–Trinajstić information content (AvgIpc) is 2.49. The van der Waals surface area contributed by atoms with Crippen molar-refractivity contribution in [3.8, 4) is 5.75 Å². The molecular formula is C15H19NO6. The van der Waals surface area contributed by atoms with Crippen LogP contribution in [0.2, 0.25) is 0 Å². The molecule has 1 heterocycles. The lowest BCUT2D eigenvalue weighted by Gasteiger charge is -2.23. The Balaban J connectivity index is 2.19. The van der Waals surface area contributed by atoms with Gasteiger partial charge in [0, 0.05) is 0 Å². The van der Waals surface area contributed by atoms with E-state index in [-0.39, 0.29) is 18.3 Å². The molecule has 120 valence electrons. The normalized spacial score (nSPS) is 18.0. The lowest BCUT2D eigenvalue weighted by Crippen LogP contribution is -2.39. The fourth-order valence-electron chi connectivity index (χ4n) is 1.97. The number of carboxylic acid groups (broad SMARTS) is 1. The third-order valence-corrected chi connectivity index (χ3v) is 2.96. The van der Waals surface area contributed by atoms with Gasteiger partial charge in [-0.2, -0.15) is 0 Å². The van der Waals surface area contributed by atoms with Gasteiger partial charge in [0.1, 0.15) is 5.75 Å². The molecule has 7 heteroatoms. The molecule has 1 saturated heterocycles. The Morgan fingerprint density at radius 1 is 1.36 bits per heavy atom. The molecule has 1 amide bonds. The fourth-order valence-corrected chi connectivity index (χ4v) is 1.97. The van der Waals surface area contributed by atoms with Crippen LogP contribution in [0.25, 0.3) is 0 Å². The SMILES string of the molecule is CC(C)Oc1ccc(C(=O)O)cc1NC(=O)C1COCCO1. The summed E-state index contributed by atoms with van der Waals surface area (Å²) in [5.41, 5.74) is 0.361. The molecule has 1 aliphatic rings.